The van der Waals surface area contributed by atoms with E-state index in [1.807, 2.05) is 18.2 Å². The van der Waals surface area contributed by atoms with Gasteiger partial charge in [-0.3, -0.25) is 9.59 Å². The molecular formula is C22H22N4O2. The average Bonchev–Trinajstić information content (AvgIpc) is 2.69. The van der Waals surface area contributed by atoms with Crippen molar-refractivity contribution < 1.29 is 9.59 Å². The van der Waals surface area contributed by atoms with Gasteiger partial charge in [0.25, 0.3) is 5.91 Å². The summed E-state index contributed by atoms with van der Waals surface area (Å²) in [5.41, 5.74) is 3.53. The molecule has 28 heavy (non-hydrogen) atoms. The zero-order chi connectivity index (χ0) is 20.1. The van der Waals surface area contributed by atoms with Crippen LogP contribution in [-0.2, 0) is 0 Å². The first-order chi connectivity index (χ1) is 13.4. The molecule has 142 valence electrons. The highest BCUT2D eigenvalue weighted by atomic mass is 16.2. The van der Waals surface area contributed by atoms with Crippen LogP contribution in [0.5, 0.6) is 0 Å². The van der Waals surface area contributed by atoms with E-state index >= 15 is 0 Å². The number of aromatic nitrogens is 2. The highest BCUT2D eigenvalue weighted by Crippen LogP contribution is 2.25. The van der Waals surface area contributed by atoms with Gasteiger partial charge in [0, 0.05) is 16.9 Å². The summed E-state index contributed by atoms with van der Waals surface area (Å²) < 4.78 is 0. The molecule has 1 aromatic heterocycles. The number of nitrogens with zero attached hydrogens (tertiary/aromatic N) is 2. The topological polar surface area (TPSA) is 84.0 Å². The van der Waals surface area contributed by atoms with E-state index in [1.165, 1.54) is 24.9 Å². The van der Waals surface area contributed by atoms with E-state index in [-0.39, 0.29) is 17.4 Å². The largest absolute Gasteiger partial charge is 0.339 e. The van der Waals surface area contributed by atoms with Gasteiger partial charge in [0.1, 0.15) is 11.5 Å². The maximum Gasteiger partial charge on any atom is 0.275 e. The number of carbonyl (C=O) groups is 2. The van der Waals surface area contributed by atoms with Gasteiger partial charge in [-0.1, -0.05) is 32.0 Å². The first-order valence-electron chi connectivity index (χ1n) is 9.04. The fourth-order valence-electron chi connectivity index (χ4n) is 2.75. The van der Waals surface area contributed by atoms with Gasteiger partial charge >= 0.3 is 0 Å². The van der Waals surface area contributed by atoms with Crippen LogP contribution in [0.25, 0.3) is 0 Å². The quantitative estimate of drug-likeness (QED) is 0.606. The van der Waals surface area contributed by atoms with Crippen molar-refractivity contribution in [2.45, 2.75) is 26.7 Å². The smallest absolute Gasteiger partial charge is 0.275 e. The van der Waals surface area contributed by atoms with E-state index in [0.29, 0.717) is 23.0 Å². The molecule has 1 amide bonds. The van der Waals surface area contributed by atoms with Crippen molar-refractivity contribution in [3.63, 3.8) is 0 Å². The number of ketones is 1. The second-order valence-corrected chi connectivity index (χ2v) is 6.74. The molecular weight excluding hydrogens is 352 g/mol. The highest BCUT2D eigenvalue weighted by molar-refractivity contribution is 6.03. The molecule has 0 fully saturated rings. The summed E-state index contributed by atoms with van der Waals surface area (Å²) in [5.74, 6) is 0.551. The molecule has 6 heteroatoms. The molecule has 0 aliphatic carbocycles. The minimum atomic E-state index is -0.364. The summed E-state index contributed by atoms with van der Waals surface area (Å²) in [4.78, 5) is 32.2. The third-order valence-electron chi connectivity index (χ3n) is 4.28. The van der Waals surface area contributed by atoms with Crippen LogP contribution in [-0.4, -0.2) is 21.7 Å². The number of anilines is 3. The Balaban J connectivity index is 1.68. The van der Waals surface area contributed by atoms with E-state index in [2.05, 4.69) is 40.5 Å². The minimum absolute atomic E-state index is 0.0223. The van der Waals surface area contributed by atoms with E-state index in [0.717, 1.165) is 5.69 Å². The summed E-state index contributed by atoms with van der Waals surface area (Å²) in [6.07, 6.45) is 2.96. The Morgan fingerprint density at radius 3 is 2.25 bits per heavy atom. The lowest BCUT2D eigenvalue weighted by Crippen LogP contribution is -2.14. The number of Topliss-reactive ketones (excluding diaryl/α,β-unsaturated/α-hetero) is 1. The maximum absolute atomic E-state index is 12.3. The number of rotatable bonds is 6. The fourth-order valence-corrected chi connectivity index (χ4v) is 2.75. The molecule has 1 heterocycles. The minimum Gasteiger partial charge on any atom is -0.339 e. The van der Waals surface area contributed by atoms with Gasteiger partial charge in [-0.05, 0) is 48.7 Å². The Morgan fingerprint density at radius 1 is 0.929 bits per heavy atom. The number of para-hydroxylation sites is 1. The van der Waals surface area contributed by atoms with Crippen LogP contribution >= 0.6 is 0 Å². The van der Waals surface area contributed by atoms with Gasteiger partial charge < -0.3 is 10.6 Å². The molecule has 0 radical (unpaired) electrons. The van der Waals surface area contributed by atoms with Crippen LogP contribution in [0.1, 0.15) is 53.1 Å². The van der Waals surface area contributed by atoms with Crippen molar-refractivity contribution in [3.05, 3.63) is 77.7 Å². The maximum atomic E-state index is 12.3. The Kier molecular flexibility index (Phi) is 5.79. The van der Waals surface area contributed by atoms with Crippen LogP contribution in [0.15, 0.2) is 60.9 Å². The Morgan fingerprint density at radius 2 is 1.64 bits per heavy atom. The number of carbonyl (C=O) groups excluding carboxylic acids is 2. The highest BCUT2D eigenvalue weighted by Gasteiger charge is 2.11. The normalized spacial score (nSPS) is 10.6. The lowest BCUT2D eigenvalue weighted by Gasteiger charge is -2.14. The van der Waals surface area contributed by atoms with Crippen molar-refractivity contribution in [3.8, 4) is 0 Å². The van der Waals surface area contributed by atoms with Gasteiger partial charge in [0.2, 0.25) is 0 Å². The van der Waals surface area contributed by atoms with Crippen molar-refractivity contribution in [2.24, 2.45) is 0 Å². The van der Waals surface area contributed by atoms with E-state index < -0.39 is 0 Å². The van der Waals surface area contributed by atoms with Crippen LogP contribution in [0.4, 0.5) is 17.2 Å². The number of hydrogen-bond acceptors (Lipinski definition) is 5. The molecule has 0 atom stereocenters. The molecule has 0 unspecified atom stereocenters. The van der Waals surface area contributed by atoms with E-state index in [9.17, 15) is 9.59 Å². The predicted octanol–water partition coefficient (Wildman–Crippen LogP) is 4.80. The van der Waals surface area contributed by atoms with E-state index in [4.69, 9.17) is 0 Å². The number of amides is 1. The van der Waals surface area contributed by atoms with Gasteiger partial charge in [-0.2, -0.15) is 0 Å². The molecule has 0 aliphatic rings. The summed E-state index contributed by atoms with van der Waals surface area (Å²) in [7, 11) is 0. The van der Waals surface area contributed by atoms with E-state index in [1.54, 1.807) is 24.3 Å². The fraction of sp³-hybridized carbons (Fsp3) is 0.182. The van der Waals surface area contributed by atoms with Crippen molar-refractivity contribution >= 4 is 28.9 Å². The molecule has 0 bridgehead atoms. The summed E-state index contributed by atoms with van der Waals surface area (Å²) >= 11 is 0. The van der Waals surface area contributed by atoms with Crippen molar-refractivity contribution in [1.82, 2.24) is 9.97 Å². The van der Waals surface area contributed by atoms with Gasteiger partial charge in [-0.25, -0.2) is 9.97 Å². The third-order valence-corrected chi connectivity index (χ3v) is 4.28. The first kappa shape index (κ1) is 19.2. The SMILES string of the molecule is CC(=O)c1ccc(NC(=O)c2cnc(Nc3ccccc3C(C)C)cn2)cc1. The Bertz CT molecular complexity index is 980. The van der Waals surface area contributed by atoms with Crippen LogP contribution in [0.3, 0.4) is 0 Å². The Hall–Kier alpha value is -3.54. The van der Waals surface area contributed by atoms with Gasteiger partial charge in [-0.15, -0.1) is 0 Å². The molecule has 6 nitrogen and oxygen atoms in total. The van der Waals surface area contributed by atoms with Crippen molar-refractivity contribution in [1.29, 1.82) is 0 Å². The summed E-state index contributed by atoms with van der Waals surface area (Å²) in [6.45, 7) is 5.75. The zero-order valence-corrected chi connectivity index (χ0v) is 16.1. The lowest BCUT2D eigenvalue weighted by molar-refractivity contribution is 0.101. The van der Waals surface area contributed by atoms with Crippen LogP contribution < -0.4 is 10.6 Å². The zero-order valence-electron chi connectivity index (χ0n) is 16.1. The van der Waals surface area contributed by atoms with Crippen LogP contribution in [0, 0.1) is 0 Å². The van der Waals surface area contributed by atoms with Gasteiger partial charge in [0.15, 0.2) is 5.78 Å². The summed E-state index contributed by atoms with van der Waals surface area (Å²) in [5, 5.41) is 5.99. The third kappa shape index (κ3) is 4.59. The Labute approximate surface area is 164 Å². The molecule has 0 aliphatic heterocycles. The first-order valence-corrected chi connectivity index (χ1v) is 9.04. The number of nitrogens with one attached hydrogen (secondary N) is 2. The van der Waals surface area contributed by atoms with Gasteiger partial charge in [0.05, 0.1) is 12.4 Å². The standard InChI is InChI=1S/C22H22N4O2/c1-14(2)18-6-4-5-7-19(18)26-21-13-23-20(12-24-21)22(28)25-17-10-8-16(9-11-17)15(3)27/h4-14H,1-3H3,(H,24,26)(H,25,28). The molecule has 0 saturated heterocycles. The summed E-state index contributed by atoms with van der Waals surface area (Å²) in [6, 6.07) is 14.7. The molecule has 0 saturated carbocycles. The second kappa shape index (κ2) is 8.43. The monoisotopic (exact) mass is 374 g/mol. The molecule has 2 N–H and O–H groups in total. The number of benzene rings is 2. The molecule has 3 rings (SSSR count). The molecule has 3 aromatic rings. The molecule has 0 spiro atoms. The lowest BCUT2D eigenvalue weighted by atomic mass is 10.0. The number of hydrogen-bond donors (Lipinski definition) is 2. The van der Waals surface area contributed by atoms with Crippen molar-refractivity contribution in [2.75, 3.05) is 10.6 Å². The second-order valence-electron chi connectivity index (χ2n) is 6.74. The predicted molar refractivity (Wildman–Crippen MR) is 110 cm³/mol. The molecule has 2 aromatic carbocycles. The average molecular weight is 374 g/mol. The van der Waals surface area contributed by atoms with Crippen LogP contribution in [0.2, 0.25) is 0 Å².